The Hall–Kier alpha value is -2.15. The van der Waals surface area contributed by atoms with Gasteiger partial charge in [0.1, 0.15) is 5.82 Å². The highest BCUT2D eigenvalue weighted by Gasteiger charge is 2.35. The van der Waals surface area contributed by atoms with Crippen LogP contribution in [0.2, 0.25) is 0 Å². The lowest BCUT2D eigenvalue weighted by Gasteiger charge is -2.39. The molecule has 1 aromatic heterocycles. The second kappa shape index (κ2) is 8.03. The quantitative estimate of drug-likeness (QED) is 0.823. The van der Waals surface area contributed by atoms with Crippen molar-refractivity contribution in [1.29, 1.82) is 0 Å². The normalized spacial score (nSPS) is 23.2. The van der Waals surface area contributed by atoms with E-state index in [1.165, 1.54) is 0 Å². The zero-order chi connectivity index (χ0) is 18.6. The molecule has 0 aliphatic carbocycles. The fourth-order valence-electron chi connectivity index (χ4n) is 3.81. The molecule has 1 atom stereocenters. The first kappa shape index (κ1) is 18.6. The predicted molar refractivity (Wildman–Crippen MR) is 99.1 cm³/mol. The average molecular weight is 360 g/mol. The molecule has 2 saturated heterocycles. The molecule has 2 amide bonds. The van der Waals surface area contributed by atoms with Crippen molar-refractivity contribution < 1.29 is 14.7 Å². The Morgan fingerprint density at radius 1 is 1.27 bits per heavy atom. The minimum absolute atomic E-state index is 0.0779. The van der Waals surface area contributed by atoms with Crippen LogP contribution in [0.15, 0.2) is 18.3 Å². The molecule has 2 N–H and O–H groups in total. The van der Waals surface area contributed by atoms with E-state index in [-0.39, 0.29) is 24.8 Å². The van der Waals surface area contributed by atoms with Crippen molar-refractivity contribution in [3.8, 4) is 0 Å². The molecule has 1 unspecified atom stereocenters. The summed E-state index contributed by atoms with van der Waals surface area (Å²) in [4.78, 5) is 32.7. The molecule has 7 nitrogen and oxygen atoms in total. The summed E-state index contributed by atoms with van der Waals surface area (Å²) in [5, 5.41) is 13.4. The Morgan fingerprint density at radius 3 is 2.77 bits per heavy atom. The number of carbonyl (C=O) groups is 2. The molecule has 0 spiro atoms. The fourth-order valence-corrected chi connectivity index (χ4v) is 3.81. The summed E-state index contributed by atoms with van der Waals surface area (Å²) in [6.45, 7) is 2.86. The van der Waals surface area contributed by atoms with Crippen molar-refractivity contribution in [2.45, 2.75) is 44.1 Å². The van der Waals surface area contributed by atoms with E-state index in [1.54, 1.807) is 24.2 Å². The van der Waals surface area contributed by atoms with E-state index in [0.717, 1.165) is 38.2 Å². The van der Waals surface area contributed by atoms with Gasteiger partial charge in [0, 0.05) is 51.4 Å². The van der Waals surface area contributed by atoms with Gasteiger partial charge in [-0.2, -0.15) is 0 Å². The maximum absolute atomic E-state index is 12.9. The number of hydrogen-bond acceptors (Lipinski definition) is 5. The number of piperidine rings is 1. The number of nitrogens with one attached hydrogen (secondary N) is 1. The zero-order valence-electron chi connectivity index (χ0n) is 15.4. The molecule has 1 aromatic rings. The number of amides is 2. The topological polar surface area (TPSA) is 85.8 Å². The Balaban J connectivity index is 1.67. The number of carbonyl (C=O) groups excluding carboxylic acids is 2. The third-order valence-corrected chi connectivity index (χ3v) is 5.36. The van der Waals surface area contributed by atoms with E-state index >= 15 is 0 Å². The average Bonchev–Trinajstić information content (AvgIpc) is 3.20. The Kier molecular flexibility index (Phi) is 5.76. The molecule has 2 aliphatic rings. The SMILES string of the molecule is CNC(=O)CCC1(O)CCCN(C(=O)c2ccnc(N3CCCC3)c2)C1. The van der Waals surface area contributed by atoms with Gasteiger partial charge >= 0.3 is 0 Å². The molecule has 3 rings (SSSR count). The van der Waals surface area contributed by atoms with Crippen molar-refractivity contribution in [3.63, 3.8) is 0 Å². The Bertz CT molecular complexity index is 660. The van der Waals surface area contributed by atoms with Crippen molar-refractivity contribution in [3.05, 3.63) is 23.9 Å². The van der Waals surface area contributed by atoms with E-state index in [1.807, 2.05) is 6.07 Å². The van der Waals surface area contributed by atoms with Crippen LogP contribution >= 0.6 is 0 Å². The summed E-state index contributed by atoms with van der Waals surface area (Å²) < 4.78 is 0. The van der Waals surface area contributed by atoms with Gasteiger partial charge in [-0.15, -0.1) is 0 Å². The fraction of sp³-hybridized carbons (Fsp3) is 0.632. The molecule has 2 aliphatic heterocycles. The van der Waals surface area contributed by atoms with Gasteiger partial charge in [-0.3, -0.25) is 9.59 Å². The van der Waals surface area contributed by atoms with Crippen molar-refractivity contribution >= 4 is 17.6 Å². The molecule has 0 aromatic carbocycles. The molecule has 26 heavy (non-hydrogen) atoms. The third kappa shape index (κ3) is 4.33. The van der Waals surface area contributed by atoms with E-state index in [4.69, 9.17) is 0 Å². The van der Waals surface area contributed by atoms with Crippen LogP contribution in [-0.4, -0.2) is 65.6 Å². The number of aliphatic hydroxyl groups is 1. The molecule has 7 heteroatoms. The zero-order valence-corrected chi connectivity index (χ0v) is 15.4. The lowest BCUT2D eigenvalue weighted by atomic mass is 9.88. The van der Waals surface area contributed by atoms with Crippen LogP contribution in [0.4, 0.5) is 5.82 Å². The summed E-state index contributed by atoms with van der Waals surface area (Å²) >= 11 is 0. The lowest BCUT2D eigenvalue weighted by Crippen LogP contribution is -2.50. The predicted octanol–water partition coefficient (Wildman–Crippen LogP) is 1.18. The Morgan fingerprint density at radius 2 is 2.04 bits per heavy atom. The summed E-state index contributed by atoms with van der Waals surface area (Å²) in [7, 11) is 1.59. The number of β-amino-alcohol motifs (C(OH)–C–C–N with tert-alkyl or cyclic N) is 1. The monoisotopic (exact) mass is 360 g/mol. The van der Waals surface area contributed by atoms with Gasteiger partial charge in [-0.1, -0.05) is 0 Å². The standard InChI is InChI=1S/C19H28N4O3/c1-20-17(24)5-8-19(26)7-4-12-23(14-19)18(25)15-6-9-21-16(13-15)22-10-2-3-11-22/h6,9,13,26H,2-5,7-8,10-12,14H2,1H3,(H,20,24). The summed E-state index contributed by atoms with van der Waals surface area (Å²) in [5.74, 6) is 0.678. The van der Waals surface area contributed by atoms with Crippen LogP contribution < -0.4 is 10.2 Å². The molecule has 2 fully saturated rings. The van der Waals surface area contributed by atoms with Gasteiger partial charge in [0.05, 0.1) is 5.60 Å². The molecular weight excluding hydrogens is 332 g/mol. The highest BCUT2D eigenvalue weighted by molar-refractivity contribution is 5.95. The van der Waals surface area contributed by atoms with E-state index in [9.17, 15) is 14.7 Å². The van der Waals surface area contributed by atoms with Gasteiger partial charge in [0.15, 0.2) is 0 Å². The van der Waals surface area contributed by atoms with Crippen LogP contribution in [0.1, 0.15) is 48.9 Å². The number of likely N-dealkylation sites (tertiary alicyclic amines) is 1. The molecule has 3 heterocycles. The number of hydrogen-bond donors (Lipinski definition) is 2. The molecule has 0 bridgehead atoms. The minimum atomic E-state index is -0.995. The van der Waals surface area contributed by atoms with Gasteiger partial charge in [-0.05, 0) is 44.2 Å². The number of pyridine rings is 1. The number of rotatable bonds is 5. The Labute approximate surface area is 154 Å². The van der Waals surface area contributed by atoms with Gasteiger partial charge in [0.2, 0.25) is 5.91 Å². The smallest absolute Gasteiger partial charge is 0.254 e. The van der Waals surface area contributed by atoms with Crippen molar-refractivity contribution in [2.75, 3.05) is 38.1 Å². The number of anilines is 1. The second-order valence-corrected chi connectivity index (χ2v) is 7.32. The second-order valence-electron chi connectivity index (χ2n) is 7.32. The summed E-state index contributed by atoms with van der Waals surface area (Å²) in [5.41, 5.74) is -0.386. The maximum atomic E-state index is 12.9. The molecule has 0 saturated carbocycles. The van der Waals surface area contributed by atoms with Crippen LogP contribution in [0.5, 0.6) is 0 Å². The van der Waals surface area contributed by atoms with Gasteiger partial charge in [0.25, 0.3) is 5.91 Å². The van der Waals surface area contributed by atoms with Crippen LogP contribution in [0.3, 0.4) is 0 Å². The molecule has 0 radical (unpaired) electrons. The van der Waals surface area contributed by atoms with Crippen LogP contribution in [0, 0.1) is 0 Å². The highest BCUT2D eigenvalue weighted by Crippen LogP contribution is 2.27. The van der Waals surface area contributed by atoms with Crippen LogP contribution in [0.25, 0.3) is 0 Å². The number of nitrogens with zero attached hydrogens (tertiary/aromatic N) is 3. The van der Waals surface area contributed by atoms with Crippen LogP contribution in [-0.2, 0) is 4.79 Å². The number of aromatic nitrogens is 1. The lowest BCUT2D eigenvalue weighted by molar-refractivity contribution is -0.122. The first-order valence-corrected chi connectivity index (χ1v) is 9.44. The molecular formula is C19H28N4O3. The third-order valence-electron chi connectivity index (χ3n) is 5.36. The van der Waals surface area contributed by atoms with Crippen molar-refractivity contribution in [2.24, 2.45) is 0 Å². The summed E-state index contributed by atoms with van der Waals surface area (Å²) in [6.07, 6.45) is 5.98. The van der Waals surface area contributed by atoms with E-state index in [2.05, 4.69) is 15.2 Å². The van der Waals surface area contributed by atoms with E-state index in [0.29, 0.717) is 24.9 Å². The maximum Gasteiger partial charge on any atom is 0.254 e. The highest BCUT2D eigenvalue weighted by atomic mass is 16.3. The first-order valence-electron chi connectivity index (χ1n) is 9.44. The van der Waals surface area contributed by atoms with Gasteiger partial charge in [-0.25, -0.2) is 4.98 Å². The molecule has 142 valence electrons. The van der Waals surface area contributed by atoms with Gasteiger partial charge < -0.3 is 20.2 Å². The first-order chi connectivity index (χ1) is 12.5. The summed E-state index contributed by atoms with van der Waals surface area (Å²) in [6, 6.07) is 3.59. The van der Waals surface area contributed by atoms with E-state index < -0.39 is 5.60 Å². The van der Waals surface area contributed by atoms with Crippen molar-refractivity contribution in [1.82, 2.24) is 15.2 Å². The largest absolute Gasteiger partial charge is 0.388 e. The minimum Gasteiger partial charge on any atom is -0.388 e.